The van der Waals surface area contributed by atoms with Gasteiger partial charge >= 0.3 is 0 Å². The number of allylic oxidation sites excluding steroid dienone is 4. The predicted molar refractivity (Wildman–Crippen MR) is 69.5 cm³/mol. The van der Waals surface area contributed by atoms with Crippen LogP contribution < -0.4 is 4.74 Å². The van der Waals surface area contributed by atoms with E-state index in [1.807, 2.05) is 37.3 Å². The van der Waals surface area contributed by atoms with Gasteiger partial charge in [-0.3, -0.25) is 0 Å². The molecule has 16 heavy (non-hydrogen) atoms. The number of benzene rings is 1. The van der Waals surface area contributed by atoms with Gasteiger partial charge in [-0.2, -0.15) is 0 Å². The highest BCUT2D eigenvalue weighted by Crippen LogP contribution is 2.16. The highest BCUT2D eigenvalue weighted by molar-refractivity contribution is 5.31. The second kappa shape index (κ2) is 6.67. The SMILES string of the molecule is C=C/C=C(\C=C/C)Oc1ccc(CC)cc1. The summed E-state index contributed by atoms with van der Waals surface area (Å²) in [6, 6.07) is 8.13. The number of aryl methyl sites for hydroxylation is 1. The van der Waals surface area contributed by atoms with Crippen LogP contribution in [0.4, 0.5) is 0 Å². The molecule has 0 spiro atoms. The smallest absolute Gasteiger partial charge is 0.127 e. The maximum atomic E-state index is 5.70. The molecular formula is C15H18O. The van der Waals surface area contributed by atoms with Crippen LogP contribution in [0.3, 0.4) is 0 Å². The maximum absolute atomic E-state index is 5.70. The molecule has 0 amide bonds. The molecule has 1 rings (SSSR count). The van der Waals surface area contributed by atoms with Gasteiger partial charge in [-0.1, -0.05) is 37.8 Å². The third-order valence-corrected chi connectivity index (χ3v) is 2.18. The topological polar surface area (TPSA) is 9.23 Å². The molecule has 0 fully saturated rings. The van der Waals surface area contributed by atoms with Crippen LogP contribution in [-0.4, -0.2) is 0 Å². The van der Waals surface area contributed by atoms with Crippen molar-refractivity contribution in [2.45, 2.75) is 20.3 Å². The van der Waals surface area contributed by atoms with E-state index in [-0.39, 0.29) is 0 Å². The fourth-order valence-electron chi connectivity index (χ4n) is 1.33. The quantitative estimate of drug-likeness (QED) is 0.525. The van der Waals surface area contributed by atoms with Crippen molar-refractivity contribution in [3.63, 3.8) is 0 Å². The van der Waals surface area contributed by atoms with Crippen molar-refractivity contribution >= 4 is 0 Å². The van der Waals surface area contributed by atoms with E-state index in [0.717, 1.165) is 17.9 Å². The Morgan fingerprint density at radius 3 is 2.50 bits per heavy atom. The number of hydrogen-bond acceptors (Lipinski definition) is 1. The van der Waals surface area contributed by atoms with Gasteiger partial charge in [0.25, 0.3) is 0 Å². The summed E-state index contributed by atoms with van der Waals surface area (Å²) in [7, 11) is 0. The zero-order valence-corrected chi connectivity index (χ0v) is 9.94. The summed E-state index contributed by atoms with van der Waals surface area (Å²) in [5, 5.41) is 0. The minimum atomic E-state index is 0.793. The van der Waals surface area contributed by atoms with Crippen LogP contribution in [0.5, 0.6) is 5.75 Å². The van der Waals surface area contributed by atoms with Gasteiger partial charge in [0.2, 0.25) is 0 Å². The average molecular weight is 214 g/mol. The Morgan fingerprint density at radius 2 is 2.00 bits per heavy atom. The van der Waals surface area contributed by atoms with Crippen LogP contribution >= 0.6 is 0 Å². The van der Waals surface area contributed by atoms with Gasteiger partial charge in [0.1, 0.15) is 11.5 Å². The van der Waals surface area contributed by atoms with E-state index in [0.29, 0.717) is 0 Å². The Morgan fingerprint density at radius 1 is 1.31 bits per heavy atom. The molecule has 0 aliphatic rings. The zero-order valence-electron chi connectivity index (χ0n) is 9.94. The zero-order chi connectivity index (χ0) is 11.8. The highest BCUT2D eigenvalue weighted by Gasteiger charge is 1.96. The molecule has 0 aliphatic heterocycles. The van der Waals surface area contributed by atoms with Crippen molar-refractivity contribution in [3.05, 3.63) is 66.5 Å². The number of rotatable bonds is 5. The second-order valence-electron chi connectivity index (χ2n) is 3.40. The first-order valence-corrected chi connectivity index (χ1v) is 5.52. The first-order valence-electron chi connectivity index (χ1n) is 5.52. The van der Waals surface area contributed by atoms with Crippen molar-refractivity contribution in [2.24, 2.45) is 0 Å². The van der Waals surface area contributed by atoms with Crippen LogP contribution in [0, 0.1) is 0 Å². The fourth-order valence-corrected chi connectivity index (χ4v) is 1.33. The van der Waals surface area contributed by atoms with E-state index in [1.165, 1.54) is 5.56 Å². The lowest BCUT2D eigenvalue weighted by atomic mass is 10.2. The molecular weight excluding hydrogens is 196 g/mol. The minimum absolute atomic E-state index is 0.793. The summed E-state index contributed by atoms with van der Waals surface area (Å²) >= 11 is 0. The van der Waals surface area contributed by atoms with Gasteiger partial charge in [-0.15, -0.1) is 0 Å². The van der Waals surface area contributed by atoms with Crippen molar-refractivity contribution in [1.29, 1.82) is 0 Å². The van der Waals surface area contributed by atoms with Crippen LogP contribution in [0.2, 0.25) is 0 Å². The Kier molecular flexibility index (Phi) is 5.13. The third-order valence-electron chi connectivity index (χ3n) is 2.18. The minimum Gasteiger partial charge on any atom is -0.457 e. The van der Waals surface area contributed by atoms with E-state index in [4.69, 9.17) is 4.74 Å². The van der Waals surface area contributed by atoms with Crippen molar-refractivity contribution in [1.82, 2.24) is 0 Å². The Hall–Kier alpha value is -1.76. The Bertz CT molecular complexity index is 382. The summed E-state index contributed by atoms with van der Waals surface area (Å²) in [4.78, 5) is 0. The summed E-state index contributed by atoms with van der Waals surface area (Å²) in [5.74, 6) is 1.64. The molecule has 0 saturated carbocycles. The van der Waals surface area contributed by atoms with Crippen LogP contribution in [0.1, 0.15) is 19.4 Å². The lowest BCUT2D eigenvalue weighted by Crippen LogP contribution is -1.92. The molecule has 0 saturated heterocycles. The van der Waals surface area contributed by atoms with Crippen molar-refractivity contribution in [3.8, 4) is 5.75 Å². The molecule has 0 aliphatic carbocycles. The third kappa shape index (κ3) is 3.77. The molecule has 0 atom stereocenters. The predicted octanol–water partition coefficient (Wildman–Crippen LogP) is 4.27. The fraction of sp³-hybridized carbons (Fsp3) is 0.200. The van der Waals surface area contributed by atoms with E-state index >= 15 is 0 Å². The number of ether oxygens (including phenoxy) is 1. The van der Waals surface area contributed by atoms with Crippen molar-refractivity contribution in [2.75, 3.05) is 0 Å². The lowest BCUT2D eigenvalue weighted by Gasteiger charge is -2.06. The Labute approximate surface area is 97.8 Å². The van der Waals surface area contributed by atoms with Crippen LogP contribution in [0.15, 0.2) is 60.9 Å². The van der Waals surface area contributed by atoms with E-state index < -0.39 is 0 Å². The van der Waals surface area contributed by atoms with Gasteiger partial charge in [0.05, 0.1) is 0 Å². The summed E-state index contributed by atoms with van der Waals surface area (Å²) in [5.41, 5.74) is 1.31. The molecule has 84 valence electrons. The van der Waals surface area contributed by atoms with Gasteiger partial charge < -0.3 is 4.74 Å². The molecule has 0 heterocycles. The lowest BCUT2D eigenvalue weighted by molar-refractivity contribution is 0.444. The molecule has 1 aromatic carbocycles. The monoisotopic (exact) mass is 214 g/mol. The van der Waals surface area contributed by atoms with Gasteiger partial charge in [0, 0.05) is 0 Å². The molecule has 0 aromatic heterocycles. The van der Waals surface area contributed by atoms with Crippen molar-refractivity contribution < 1.29 is 4.74 Å². The summed E-state index contributed by atoms with van der Waals surface area (Å²) in [6.45, 7) is 7.76. The second-order valence-corrected chi connectivity index (χ2v) is 3.40. The molecule has 1 heteroatoms. The summed E-state index contributed by atoms with van der Waals surface area (Å²) < 4.78 is 5.70. The number of hydrogen-bond donors (Lipinski definition) is 0. The molecule has 0 bridgehead atoms. The van der Waals surface area contributed by atoms with Crippen LogP contribution in [0.25, 0.3) is 0 Å². The van der Waals surface area contributed by atoms with E-state index in [2.05, 4.69) is 25.6 Å². The first-order chi connectivity index (χ1) is 7.80. The van der Waals surface area contributed by atoms with Gasteiger partial charge in [0.15, 0.2) is 0 Å². The van der Waals surface area contributed by atoms with Crippen LogP contribution in [-0.2, 0) is 6.42 Å². The normalized spacial score (nSPS) is 11.8. The van der Waals surface area contributed by atoms with E-state index in [1.54, 1.807) is 6.08 Å². The average Bonchev–Trinajstić information content (AvgIpc) is 2.31. The largest absolute Gasteiger partial charge is 0.457 e. The van der Waals surface area contributed by atoms with E-state index in [9.17, 15) is 0 Å². The maximum Gasteiger partial charge on any atom is 0.127 e. The molecule has 0 radical (unpaired) electrons. The first kappa shape index (κ1) is 12.3. The highest BCUT2D eigenvalue weighted by atomic mass is 16.5. The van der Waals surface area contributed by atoms with Gasteiger partial charge in [-0.25, -0.2) is 0 Å². The standard InChI is InChI=1S/C15H18O/c1-4-7-14(8-5-2)16-15-11-9-13(6-3)10-12-15/h4-5,7-12H,1,6H2,2-3H3/b8-5-,14-7+. The molecule has 1 aromatic rings. The summed E-state index contributed by atoms with van der Waals surface area (Å²) in [6.07, 6.45) is 8.46. The molecule has 1 nitrogen and oxygen atoms in total. The Balaban J connectivity index is 2.77. The van der Waals surface area contributed by atoms with Gasteiger partial charge in [-0.05, 0) is 43.2 Å². The molecule has 0 N–H and O–H groups in total. The molecule has 0 unspecified atom stereocenters.